The molecule has 5 heteroatoms. The van der Waals surface area contributed by atoms with E-state index in [1.165, 1.54) is 12.1 Å². The Labute approximate surface area is 110 Å². The molecule has 0 aliphatic rings. The molecule has 0 unspecified atom stereocenters. The van der Waals surface area contributed by atoms with Crippen LogP contribution >= 0.6 is 0 Å². The van der Waals surface area contributed by atoms with Crippen molar-refractivity contribution >= 4 is 11.6 Å². The molecular formula is C14H13N3O2. The van der Waals surface area contributed by atoms with Crippen molar-refractivity contribution in [3.8, 4) is 5.75 Å². The van der Waals surface area contributed by atoms with Crippen molar-refractivity contribution in [2.24, 2.45) is 5.10 Å². The van der Waals surface area contributed by atoms with Gasteiger partial charge in [-0.25, -0.2) is 5.43 Å². The summed E-state index contributed by atoms with van der Waals surface area (Å²) in [7, 11) is 0. The SMILES string of the molecule is C/C(=N/NC(=O)c1cccc(O)c1)c1ccccn1. The Morgan fingerprint density at radius 1 is 1.26 bits per heavy atom. The van der Waals surface area contributed by atoms with Gasteiger partial charge < -0.3 is 5.11 Å². The zero-order chi connectivity index (χ0) is 13.7. The van der Waals surface area contributed by atoms with Crippen LogP contribution < -0.4 is 5.43 Å². The molecule has 2 N–H and O–H groups in total. The van der Waals surface area contributed by atoms with Crippen LogP contribution in [0.15, 0.2) is 53.8 Å². The number of rotatable bonds is 3. The van der Waals surface area contributed by atoms with Gasteiger partial charge in [-0.15, -0.1) is 0 Å². The van der Waals surface area contributed by atoms with Crippen molar-refractivity contribution in [3.05, 3.63) is 59.9 Å². The molecule has 1 aromatic carbocycles. The molecule has 0 radical (unpaired) electrons. The minimum atomic E-state index is -0.383. The highest BCUT2D eigenvalue weighted by Crippen LogP contribution is 2.10. The number of benzene rings is 1. The number of hydrogen-bond donors (Lipinski definition) is 2. The summed E-state index contributed by atoms with van der Waals surface area (Å²) in [5.74, 6) is -0.343. The second-order valence-corrected chi connectivity index (χ2v) is 3.90. The summed E-state index contributed by atoms with van der Waals surface area (Å²) in [6.45, 7) is 1.76. The second kappa shape index (κ2) is 5.77. The summed E-state index contributed by atoms with van der Waals surface area (Å²) in [6.07, 6.45) is 1.66. The number of carbonyl (C=O) groups is 1. The molecule has 0 atom stereocenters. The highest BCUT2D eigenvalue weighted by Gasteiger charge is 2.05. The molecule has 0 aliphatic carbocycles. The molecule has 1 heterocycles. The van der Waals surface area contributed by atoms with E-state index in [1.54, 1.807) is 31.3 Å². The number of aromatic nitrogens is 1. The minimum absolute atomic E-state index is 0.0399. The number of amides is 1. The Hall–Kier alpha value is -2.69. The summed E-state index contributed by atoms with van der Waals surface area (Å²) in [6, 6.07) is 11.5. The highest BCUT2D eigenvalue weighted by atomic mass is 16.3. The average molecular weight is 255 g/mol. The summed E-state index contributed by atoms with van der Waals surface area (Å²) >= 11 is 0. The number of nitrogens with zero attached hydrogens (tertiary/aromatic N) is 2. The lowest BCUT2D eigenvalue weighted by Crippen LogP contribution is -2.19. The van der Waals surface area contributed by atoms with Gasteiger partial charge in [0.15, 0.2) is 0 Å². The fourth-order valence-electron chi connectivity index (χ4n) is 1.48. The first-order valence-corrected chi connectivity index (χ1v) is 5.72. The third kappa shape index (κ3) is 3.38. The number of aromatic hydroxyl groups is 1. The molecule has 0 bridgehead atoms. The van der Waals surface area contributed by atoms with E-state index in [2.05, 4.69) is 15.5 Å². The number of hydrogen-bond acceptors (Lipinski definition) is 4. The fourth-order valence-corrected chi connectivity index (χ4v) is 1.48. The zero-order valence-corrected chi connectivity index (χ0v) is 10.4. The molecule has 0 saturated carbocycles. The first kappa shape index (κ1) is 12.8. The van der Waals surface area contributed by atoms with Crippen molar-refractivity contribution in [2.45, 2.75) is 6.92 Å². The van der Waals surface area contributed by atoms with Crippen molar-refractivity contribution in [3.63, 3.8) is 0 Å². The van der Waals surface area contributed by atoms with E-state index in [0.29, 0.717) is 17.0 Å². The Balaban J connectivity index is 2.08. The lowest BCUT2D eigenvalue weighted by atomic mass is 10.2. The van der Waals surface area contributed by atoms with E-state index in [0.717, 1.165) is 0 Å². The number of carbonyl (C=O) groups excluding carboxylic acids is 1. The van der Waals surface area contributed by atoms with Crippen LogP contribution in [-0.2, 0) is 0 Å². The van der Waals surface area contributed by atoms with Crippen LogP contribution in [0.2, 0.25) is 0 Å². The van der Waals surface area contributed by atoms with Crippen LogP contribution in [0.3, 0.4) is 0 Å². The van der Waals surface area contributed by atoms with Crippen LogP contribution in [0.5, 0.6) is 5.75 Å². The zero-order valence-electron chi connectivity index (χ0n) is 10.4. The predicted octanol–water partition coefficient (Wildman–Crippen LogP) is 1.94. The maximum atomic E-state index is 11.8. The van der Waals surface area contributed by atoms with Gasteiger partial charge in [-0.3, -0.25) is 9.78 Å². The molecule has 2 aromatic rings. The third-order valence-electron chi connectivity index (χ3n) is 2.47. The van der Waals surface area contributed by atoms with E-state index in [1.807, 2.05) is 12.1 Å². The predicted molar refractivity (Wildman–Crippen MR) is 72.0 cm³/mol. The first-order valence-electron chi connectivity index (χ1n) is 5.72. The molecule has 1 amide bonds. The van der Waals surface area contributed by atoms with Gasteiger partial charge >= 0.3 is 0 Å². The first-order chi connectivity index (χ1) is 9.16. The van der Waals surface area contributed by atoms with Gasteiger partial charge in [0.05, 0.1) is 11.4 Å². The van der Waals surface area contributed by atoms with E-state index in [-0.39, 0.29) is 11.7 Å². The lowest BCUT2D eigenvalue weighted by Gasteiger charge is -2.02. The van der Waals surface area contributed by atoms with E-state index >= 15 is 0 Å². The van der Waals surface area contributed by atoms with Gasteiger partial charge in [-0.2, -0.15) is 5.10 Å². The van der Waals surface area contributed by atoms with Crippen molar-refractivity contribution in [2.75, 3.05) is 0 Å². The monoisotopic (exact) mass is 255 g/mol. The summed E-state index contributed by atoms with van der Waals surface area (Å²) in [5.41, 5.74) is 4.07. The van der Waals surface area contributed by atoms with Gasteiger partial charge in [0.25, 0.3) is 5.91 Å². The third-order valence-corrected chi connectivity index (χ3v) is 2.47. The molecular weight excluding hydrogens is 242 g/mol. The molecule has 0 fully saturated rings. The Kier molecular flexibility index (Phi) is 3.87. The molecule has 0 spiro atoms. The Morgan fingerprint density at radius 2 is 2.11 bits per heavy atom. The maximum Gasteiger partial charge on any atom is 0.271 e. The highest BCUT2D eigenvalue weighted by molar-refractivity contribution is 5.99. The number of phenols is 1. The molecule has 96 valence electrons. The maximum absolute atomic E-state index is 11.8. The number of phenolic OH excluding ortho intramolecular Hbond substituents is 1. The average Bonchev–Trinajstić information content (AvgIpc) is 2.45. The molecule has 1 aromatic heterocycles. The van der Waals surface area contributed by atoms with Crippen LogP contribution in [0, 0.1) is 0 Å². The van der Waals surface area contributed by atoms with Crippen LogP contribution in [0.4, 0.5) is 0 Å². The van der Waals surface area contributed by atoms with Gasteiger partial charge in [0.1, 0.15) is 5.75 Å². The quantitative estimate of drug-likeness (QED) is 0.650. The standard InChI is InChI=1S/C14H13N3O2/c1-10(13-7-2-3-8-15-13)16-17-14(19)11-5-4-6-12(18)9-11/h2-9,18H,1H3,(H,17,19)/b16-10-. The van der Waals surface area contributed by atoms with Crippen LogP contribution in [0.1, 0.15) is 23.0 Å². The summed E-state index contributed by atoms with van der Waals surface area (Å²) < 4.78 is 0. The fraction of sp³-hybridized carbons (Fsp3) is 0.0714. The number of hydrazone groups is 1. The summed E-state index contributed by atoms with van der Waals surface area (Å²) in [5, 5.41) is 13.3. The summed E-state index contributed by atoms with van der Waals surface area (Å²) in [4.78, 5) is 15.9. The smallest absolute Gasteiger partial charge is 0.271 e. The molecule has 5 nitrogen and oxygen atoms in total. The molecule has 2 rings (SSSR count). The lowest BCUT2D eigenvalue weighted by molar-refractivity contribution is 0.0954. The normalized spacial score (nSPS) is 11.1. The second-order valence-electron chi connectivity index (χ2n) is 3.90. The Bertz CT molecular complexity index is 609. The van der Waals surface area contributed by atoms with Crippen molar-refractivity contribution in [1.29, 1.82) is 0 Å². The van der Waals surface area contributed by atoms with Gasteiger partial charge in [-0.1, -0.05) is 12.1 Å². The molecule has 0 saturated heterocycles. The Morgan fingerprint density at radius 3 is 2.79 bits per heavy atom. The topological polar surface area (TPSA) is 74.6 Å². The number of nitrogens with one attached hydrogen (secondary N) is 1. The van der Waals surface area contributed by atoms with Crippen LogP contribution in [0.25, 0.3) is 0 Å². The van der Waals surface area contributed by atoms with Gasteiger partial charge in [0.2, 0.25) is 0 Å². The largest absolute Gasteiger partial charge is 0.508 e. The van der Waals surface area contributed by atoms with E-state index in [9.17, 15) is 9.90 Å². The molecule has 19 heavy (non-hydrogen) atoms. The van der Waals surface area contributed by atoms with E-state index < -0.39 is 0 Å². The van der Waals surface area contributed by atoms with Gasteiger partial charge in [0, 0.05) is 11.8 Å². The van der Waals surface area contributed by atoms with Crippen LogP contribution in [-0.4, -0.2) is 21.7 Å². The van der Waals surface area contributed by atoms with Crippen molar-refractivity contribution in [1.82, 2.24) is 10.4 Å². The minimum Gasteiger partial charge on any atom is -0.508 e. The van der Waals surface area contributed by atoms with Gasteiger partial charge in [-0.05, 0) is 37.3 Å². The number of pyridine rings is 1. The van der Waals surface area contributed by atoms with E-state index in [4.69, 9.17) is 0 Å². The molecule has 0 aliphatic heterocycles. The van der Waals surface area contributed by atoms with Crippen molar-refractivity contribution < 1.29 is 9.90 Å².